The second-order valence-electron chi connectivity index (χ2n) is 14.4. The van der Waals surface area contributed by atoms with Gasteiger partial charge in [-0.1, -0.05) is 92.8 Å². The molecule has 0 spiro atoms. The van der Waals surface area contributed by atoms with E-state index < -0.39 is 8.07 Å². The molecule has 242 valence electrons. The maximum atomic E-state index is 6.36. The molecule has 0 aromatic heterocycles. The lowest BCUT2D eigenvalue weighted by molar-refractivity contribution is 0.281. The van der Waals surface area contributed by atoms with Gasteiger partial charge >= 0.3 is 0 Å². The Morgan fingerprint density at radius 3 is 1.32 bits per heavy atom. The summed E-state index contributed by atoms with van der Waals surface area (Å²) in [7, 11) is -1.60. The maximum absolute atomic E-state index is 6.36. The Labute approximate surface area is 270 Å². The summed E-state index contributed by atoms with van der Waals surface area (Å²) in [6.07, 6.45) is 3.90. The van der Waals surface area contributed by atoms with E-state index in [0.29, 0.717) is 50.1 Å². The van der Waals surface area contributed by atoms with Crippen LogP contribution < -0.4 is 18.9 Å². The Kier molecular flexibility index (Phi) is 15.8. The van der Waals surface area contributed by atoms with Crippen LogP contribution in [0.3, 0.4) is 0 Å². The largest absolute Gasteiger partial charge is 0.494 e. The van der Waals surface area contributed by atoms with Gasteiger partial charge < -0.3 is 18.9 Å². The van der Waals surface area contributed by atoms with Crippen LogP contribution in [0.15, 0.2) is 30.3 Å². The van der Waals surface area contributed by atoms with Crippen molar-refractivity contribution < 1.29 is 18.9 Å². The molecule has 4 nitrogen and oxygen atoms in total. The lowest BCUT2D eigenvalue weighted by atomic mass is 10.1. The zero-order valence-electron chi connectivity index (χ0n) is 29.5. The van der Waals surface area contributed by atoms with Crippen molar-refractivity contribution in [3.05, 3.63) is 47.0 Å². The van der Waals surface area contributed by atoms with Gasteiger partial charge in [-0.05, 0) is 67.6 Å². The predicted molar refractivity (Wildman–Crippen MR) is 189 cm³/mol. The van der Waals surface area contributed by atoms with Gasteiger partial charge in [-0.2, -0.15) is 0 Å². The topological polar surface area (TPSA) is 36.9 Å². The quantitative estimate of drug-likeness (QED) is 0.139. The fourth-order valence-corrected chi connectivity index (χ4v) is 4.34. The van der Waals surface area contributed by atoms with Gasteiger partial charge in [0.25, 0.3) is 0 Å². The van der Waals surface area contributed by atoms with Crippen molar-refractivity contribution in [1.82, 2.24) is 0 Å². The van der Waals surface area contributed by atoms with Crippen molar-refractivity contribution in [2.45, 2.75) is 101 Å². The maximum Gasteiger partial charge on any atom is 0.136 e. The fourth-order valence-electron chi connectivity index (χ4n) is 3.83. The van der Waals surface area contributed by atoms with E-state index in [4.69, 9.17) is 18.9 Å². The Hall–Kier alpha value is -3.02. The van der Waals surface area contributed by atoms with Crippen LogP contribution >= 0.6 is 0 Å². The van der Waals surface area contributed by atoms with Gasteiger partial charge in [-0.3, -0.25) is 0 Å². The molecule has 0 amide bonds. The van der Waals surface area contributed by atoms with E-state index in [9.17, 15) is 0 Å². The molecule has 0 fully saturated rings. The molecule has 0 bridgehead atoms. The van der Waals surface area contributed by atoms with Crippen LogP contribution in [0.2, 0.25) is 19.6 Å². The summed E-state index contributed by atoms with van der Waals surface area (Å²) < 4.78 is 25.0. The standard InChI is InChI=1S/C39H58O4Si/c1-29(2)16-21-40-36-14-15-37(41-22-17-30(3)4)33(26-36)12-13-34-27-39(43-24-19-32(7)8)35(20-25-44(9,10)11)28-38(34)42-23-18-31(5)6/h14-15,26-32H,16-19,21-24H2,1-11H3. The molecule has 0 radical (unpaired) electrons. The molecule has 0 saturated carbocycles. The Bertz CT molecular complexity index is 1280. The molecule has 2 rings (SSSR count). The zero-order valence-corrected chi connectivity index (χ0v) is 30.5. The summed E-state index contributed by atoms with van der Waals surface area (Å²) in [6.45, 7) is 26.9. The van der Waals surface area contributed by atoms with Crippen molar-refractivity contribution in [2.75, 3.05) is 26.4 Å². The van der Waals surface area contributed by atoms with Crippen molar-refractivity contribution >= 4 is 8.07 Å². The average molecular weight is 619 g/mol. The third kappa shape index (κ3) is 15.1. The number of rotatable bonds is 16. The van der Waals surface area contributed by atoms with Gasteiger partial charge in [0, 0.05) is 12.1 Å². The highest BCUT2D eigenvalue weighted by molar-refractivity contribution is 6.83. The van der Waals surface area contributed by atoms with E-state index in [1.165, 1.54) is 0 Å². The molecule has 0 atom stereocenters. The Morgan fingerprint density at radius 1 is 0.500 bits per heavy atom. The van der Waals surface area contributed by atoms with E-state index >= 15 is 0 Å². The minimum absolute atomic E-state index is 0.540. The van der Waals surface area contributed by atoms with Crippen LogP contribution in [-0.2, 0) is 0 Å². The Balaban J connectivity index is 2.60. The summed E-state index contributed by atoms with van der Waals surface area (Å²) in [5, 5.41) is 0. The van der Waals surface area contributed by atoms with Crippen molar-refractivity contribution in [1.29, 1.82) is 0 Å². The van der Waals surface area contributed by atoms with E-state index in [0.717, 1.165) is 65.4 Å². The number of ether oxygens (including phenoxy) is 4. The molecule has 0 aliphatic rings. The van der Waals surface area contributed by atoms with Gasteiger partial charge in [-0.25, -0.2) is 0 Å². The fraction of sp³-hybridized carbons (Fsp3) is 0.590. The molecule has 0 aliphatic carbocycles. The van der Waals surface area contributed by atoms with Crippen LogP contribution in [0.25, 0.3) is 0 Å². The molecule has 0 aliphatic heterocycles. The number of hydrogen-bond acceptors (Lipinski definition) is 4. The third-order valence-electron chi connectivity index (χ3n) is 6.76. The first-order chi connectivity index (χ1) is 20.7. The summed E-state index contributed by atoms with van der Waals surface area (Å²) in [4.78, 5) is 0. The summed E-state index contributed by atoms with van der Waals surface area (Å²) >= 11 is 0. The SMILES string of the molecule is CC(C)CCOc1ccc(OCCC(C)C)c(C#Cc2cc(OCCC(C)C)c(C#C[Si](C)(C)C)cc2OCCC(C)C)c1. The molecular formula is C39H58O4Si. The predicted octanol–water partition coefficient (Wildman–Crippen LogP) is 10.0. The molecule has 2 aromatic carbocycles. The molecule has 2 aromatic rings. The monoisotopic (exact) mass is 618 g/mol. The lowest BCUT2D eigenvalue weighted by Gasteiger charge is -2.15. The van der Waals surface area contributed by atoms with Crippen molar-refractivity contribution in [3.63, 3.8) is 0 Å². The molecule has 0 unspecified atom stereocenters. The third-order valence-corrected chi connectivity index (χ3v) is 7.63. The second-order valence-corrected chi connectivity index (χ2v) is 19.1. The highest BCUT2D eigenvalue weighted by Crippen LogP contribution is 2.30. The van der Waals surface area contributed by atoms with Crippen LogP contribution in [0.5, 0.6) is 23.0 Å². The summed E-state index contributed by atoms with van der Waals surface area (Å²) in [5.74, 6) is 15.5. The van der Waals surface area contributed by atoms with Crippen molar-refractivity contribution in [2.24, 2.45) is 23.7 Å². The van der Waals surface area contributed by atoms with Crippen LogP contribution in [-0.4, -0.2) is 34.5 Å². The van der Waals surface area contributed by atoms with E-state index in [2.05, 4.69) is 98.3 Å². The van der Waals surface area contributed by atoms with Crippen LogP contribution in [0.1, 0.15) is 97.8 Å². The number of benzene rings is 2. The minimum Gasteiger partial charge on any atom is -0.494 e. The molecular weight excluding hydrogens is 561 g/mol. The molecule has 5 heteroatoms. The Morgan fingerprint density at radius 2 is 0.886 bits per heavy atom. The van der Waals surface area contributed by atoms with Gasteiger partial charge in [0.1, 0.15) is 31.1 Å². The highest BCUT2D eigenvalue weighted by atomic mass is 28.3. The summed E-state index contributed by atoms with van der Waals surface area (Å²) in [6, 6.07) is 9.97. The number of hydrogen-bond donors (Lipinski definition) is 0. The summed E-state index contributed by atoms with van der Waals surface area (Å²) in [5.41, 5.74) is 5.95. The first-order valence-electron chi connectivity index (χ1n) is 16.6. The van der Waals surface area contributed by atoms with E-state index in [-0.39, 0.29) is 0 Å². The minimum atomic E-state index is -1.60. The first kappa shape index (κ1) is 37.2. The zero-order chi connectivity index (χ0) is 32.7. The molecule has 0 saturated heterocycles. The molecule has 0 heterocycles. The van der Waals surface area contributed by atoms with E-state index in [1.807, 2.05) is 30.3 Å². The smallest absolute Gasteiger partial charge is 0.136 e. The van der Waals surface area contributed by atoms with Crippen molar-refractivity contribution in [3.8, 4) is 46.3 Å². The van der Waals surface area contributed by atoms with Gasteiger partial charge in [-0.15, -0.1) is 5.54 Å². The van der Waals surface area contributed by atoms with Crippen LogP contribution in [0.4, 0.5) is 0 Å². The van der Waals surface area contributed by atoms with Gasteiger partial charge in [0.15, 0.2) is 0 Å². The van der Waals surface area contributed by atoms with E-state index in [1.54, 1.807) is 0 Å². The lowest BCUT2D eigenvalue weighted by Crippen LogP contribution is -2.16. The average Bonchev–Trinajstić information content (AvgIpc) is 2.91. The first-order valence-corrected chi connectivity index (χ1v) is 20.1. The van der Waals surface area contributed by atoms with Gasteiger partial charge in [0.2, 0.25) is 0 Å². The van der Waals surface area contributed by atoms with Crippen LogP contribution in [0, 0.1) is 47.0 Å². The second kappa shape index (κ2) is 18.7. The van der Waals surface area contributed by atoms with Gasteiger partial charge in [0.05, 0.1) is 43.1 Å². The molecule has 44 heavy (non-hydrogen) atoms. The normalized spacial score (nSPS) is 11.3. The molecule has 0 N–H and O–H groups in total. The highest BCUT2D eigenvalue weighted by Gasteiger charge is 2.14.